The lowest BCUT2D eigenvalue weighted by Crippen LogP contribution is -1.93. The Morgan fingerprint density at radius 3 is 2.87 bits per heavy atom. The van der Waals surface area contributed by atoms with Crippen LogP contribution < -0.4 is 0 Å². The van der Waals surface area contributed by atoms with E-state index >= 15 is 0 Å². The van der Waals surface area contributed by atoms with E-state index < -0.39 is 0 Å². The number of hydrogen-bond donors (Lipinski definition) is 1. The normalized spacial score (nSPS) is 20.3. The molecular weight excluding hydrogens is 206 g/mol. The van der Waals surface area contributed by atoms with E-state index in [9.17, 15) is 0 Å². The van der Waals surface area contributed by atoms with Gasteiger partial charge in [-0.25, -0.2) is 0 Å². The largest absolute Gasteiger partial charge is 0.396 e. The Labute approximate surface area is 94.4 Å². The van der Waals surface area contributed by atoms with Crippen LogP contribution in [-0.2, 0) is 0 Å². The molecule has 0 saturated carbocycles. The zero-order valence-corrected chi connectivity index (χ0v) is 9.41. The average Bonchev–Trinajstić information content (AvgIpc) is 2.76. The van der Waals surface area contributed by atoms with E-state index in [1.54, 1.807) is 0 Å². The SMILES string of the molecule is OCCCC1=NC(c2ccccc2)CS1. The lowest BCUT2D eigenvalue weighted by atomic mass is 10.1. The van der Waals surface area contributed by atoms with Gasteiger partial charge in [0.25, 0.3) is 0 Å². The van der Waals surface area contributed by atoms with Crippen molar-refractivity contribution < 1.29 is 5.11 Å². The minimum atomic E-state index is 0.260. The van der Waals surface area contributed by atoms with E-state index in [0.29, 0.717) is 6.04 Å². The van der Waals surface area contributed by atoms with Crippen molar-refractivity contribution in [1.82, 2.24) is 0 Å². The van der Waals surface area contributed by atoms with Crippen LogP contribution in [0.15, 0.2) is 35.3 Å². The van der Waals surface area contributed by atoms with Crippen LogP contribution in [0.4, 0.5) is 0 Å². The number of hydrogen-bond acceptors (Lipinski definition) is 3. The fourth-order valence-electron chi connectivity index (χ4n) is 1.64. The van der Waals surface area contributed by atoms with Crippen LogP contribution in [0.2, 0.25) is 0 Å². The van der Waals surface area contributed by atoms with Gasteiger partial charge < -0.3 is 5.11 Å². The Morgan fingerprint density at radius 1 is 1.33 bits per heavy atom. The number of aliphatic hydroxyl groups is 1. The number of aliphatic hydroxyl groups excluding tert-OH is 1. The molecule has 0 aliphatic carbocycles. The lowest BCUT2D eigenvalue weighted by molar-refractivity contribution is 0.291. The molecule has 1 aromatic carbocycles. The molecule has 0 aromatic heterocycles. The quantitative estimate of drug-likeness (QED) is 0.847. The van der Waals surface area contributed by atoms with Gasteiger partial charge in [0.15, 0.2) is 0 Å². The van der Waals surface area contributed by atoms with Crippen LogP contribution in [0.3, 0.4) is 0 Å². The van der Waals surface area contributed by atoms with Crippen LogP contribution in [0.5, 0.6) is 0 Å². The van der Waals surface area contributed by atoms with Gasteiger partial charge in [-0.3, -0.25) is 4.99 Å². The molecular formula is C12H15NOS. The summed E-state index contributed by atoms with van der Waals surface area (Å²) in [6.07, 6.45) is 1.75. The predicted octanol–water partition coefficient (Wildman–Crippen LogP) is 2.65. The van der Waals surface area contributed by atoms with Crippen LogP contribution >= 0.6 is 11.8 Å². The van der Waals surface area contributed by atoms with Crippen molar-refractivity contribution in [2.45, 2.75) is 18.9 Å². The fraction of sp³-hybridized carbons (Fsp3) is 0.417. The summed E-state index contributed by atoms with van der Waals surface area (Å²) in [4.78, 5) is 4.66. The van der Waals surface area contributed by atoms with Crippen LogP contribution in [0.25, 0.3) is 0 Å². The average molecular weight is 221 g/mol. The Hall–Kier alpha value is -0.800. The van der Waals surface area contributed by atoms with Gasteiger partial charge in [0.05, 0.1) is 11.1 Å². The molecule has 3 heteroatoms. The topological polar surface area (TPSA) is 32.6 Å². The highest BCUT2D eigenvalue weighted by molar-refractivity contribution is 8.14. The number of nitrogens with zero attached hydrogens (tertiary/aromatic N) is 1. The van der Waals surface area contributed by atoms with Gasteiger partial charge in [-0.05, 0) is 18.4 Å². The van der Waals surface area contributed by atoms with Crippen molar-refractivity contribution in [2.24, 2.45) is 4.99 Å². The molecule has 1 atom stereocenters. The first kappa shape index (κ1) is 10.7. The maximum atomic E-state index is 8.75. The van der Waals surface area contributed by atoms with Crippen molar-refractivity contribution in [2.75, 3.05) is 12.4 Å². The molecule has 0 saturated heterocycles. The predicted molar refractivity (Wildman–Crippen MR) is 65.4 cm³/mol. The van der Waals surface area contributed by atoms with E-state index in [1.165, 1.54) is 10.6 Å². The van der Waals surface area contributed by atoms with Gasteiger partial charge in [0.2, 0.25) is 0 Å². The molecule has 15 heavy (non-hydrogen) atoms. The van der Waals surface area contributed by atoms with E-state index in [2.05, 4.69) is 29.3 Å². The summed E-state index contributed by atoms with van der Waals surface area (Å²) in [5, 5.41) is 9.94. The van der Waals surface area contributed by atoms with E-state index in [1.807, 2.05) is 17.8 Å². The van der Waals surface area contributed by atoms with Crippen LogP contribution in [0.1, 0.15) is 24.4 Å². The Balaban J connectivity index is 1.99. The van der Waals surface area contributed by atoms with Crippen LogP contribution in [-0.4, -0.2) is 22.5 Å². The standard InChI is InChI=1S/C12H15NOS/c14-8-4-7-12-13-11(9-15-12)10-5-2-1-3-6-10/h1-3,5-6,11,14H,4,7-9H2. The van der Waals surface area contributed by atoms with Crippen molar-refractivity contribution in [3.63, 3.8) is 0 Å². The molecule has 1 heterocycles. The highest BCUT2D eigenvalue weighted by atomic mass is 32.2. The Bertz CT molecular complexity index is 337. The van der Waals surface area contributed by atoms with E-state index in [-0.39, 0.29) is 6.61 Å². The van der Waals surface area contributed by atoms with Crippen molar-refractivity contribution in [3.05, 3.63) is 35.9 Å². The minimum absolute atomic E-state index is 0.260. The molecule has 0 fully saturated rings. The van der Waals surface area contributed by atoms with Gasteiger partial charge in [-0.1, -0.05) is 30.3 Å². The van der Waals surface area contributed by atoms with Gasteiger partial charge in [0.1, 0.15) is 0 Å². The third-order valence-electron chi connectivity index (χ3n) is 2.44. The first-order chi connectivity index (χ1) is 7.40. The van der Waals surface area contributed by atoms with Crippen LogP contribution in [0, 0.1) is 0 Å². The lowest BCUT2D eigenvalue weighted by Gasteiger charge is -2.04. The Morgan fingerprint density at radius 2 is 2.13 bits per heavy atom. The molecule has 1 unspecified atom stereocenters. The zero-order chi connectivity index (χ0) is 10.5. The second-order valence-corrected chi connectivity index (χ2v) is 4.68. The molecule has 0 amide bonds. The van der Waals surface area contributed by atoms with Gasteiger partial charge in [0, 0.05) is 12.4 Å². The molecule has 1 aliphatic heterocycles. The summed E-state index contributed by atoms with van der Waals surface area (Å²) in [6, 6.07) is 10.7. The maximum absolute atomic E-state index is 8.75. The number of aliphatic imine (C=N–C) groups is 1. The highest BCUT2D eigenvalue weighted by Crippen LogP contribution is 2.31. The molecule has 0 radical (unpaired) electrons. The molecule has 0 bridgehead atoms. The zero-order valence-electron chi connectivity index (χ0n) is 8.60. The first-order valence-electron chi connectivity index (χ1n) is 5.25. The third kappa shape index (κ3) is 2.83. The molecule has 2 nitrogen and oxygen atoms in total. The first-order valence-corrected chi connectivity index (χ1v) is 6.24. The van der Waals surface area contributed by atoms with E-state index in [0.717, 1.165) is 18.6 Å². The van der Waals surface area contributed by atoms with E-state index in [4.69, 9.17) is 5.11 Å². The highest BCUT2D eigenvalue weighted by Gasteiger charge is 2.18. The molecule has 1 N–H and O–H groups in total. The molecule has 1 aliphatic rings. The van der Waals surface area contributed by atoms with Gasteiger partial charge in [-0.15, -0.1) is 11.8 Å². The number of thioether (sulfide) groups is 1. The number of rotatable bonds is 4. The second-order valence-electron chi connectivity index (χ2n) is 3.59. The summed E-state index contributed by atoms with van der Waals surface area (Å²) in [7, 11) is 0. The third-order valence-corrected chi connectivity index (χ3v) is 3.57. The summed E-state index contributed by atoms with van der Waals surface area (Å²) in [5.74, 6) is 1.05. The maximum Gasteiger partial charge on any atom is 0.0852 e. The van der Waals surface area contributed by atoms with Gasteiger partial charge in [-0.2, -0.15) is 0 Å². The monoisotopic (exact) mass is 221 g/mol. The molecule has 0 spiro atoms. The smallest absolute Gasteiger partial charge is 0.0852 e. The Kier molecular flexibility index (Phi) is 3.80. The molecule has 80 valence electrons. The summed E-state index contributed by atoms with van der Waals surface area (Å²) in [5.41, 5.74) is 1.30. The van der Waals surface area contributed by atoms with Crippen molar-refractivity contribution >= 4 is 16.8 Å². The van der Waals surface area contributed by atoms with Crippen molar-refractivity contribution in [1.29, 1.82) is 0 Å². The fourth-order valence-corrected chi connectivity index (χ4v) is 2.74. The number of benzene rings is 1. The van der Waals surface area contributed by atoms with Crippen molar-refractivity contribution in [3.8, 4) is 0 Å². The summed E-state index contributed by atoms with van der Waals surface area (Å²) in [6.45, 7) is 0.260. The second kappa shape index (κ2) is 5.33. The summed E-state index contributed by atoms with van der Waals surface area (Å²) >= 11 is 1.82. The minimum Gasteiger partial charge on any atom is -0.396 e. The molecule has 1 aromatic rings. The summed E-state index contributed by atoms with van der Waals surface area (Å²) < 4.78 is 0. The van der Waals surface area contributed by atoms with Gasteiger partial charge >= 0.3 is 0 Å². The molecule has 2 rings (SSSR count).